The second-order valence-corrected chi connectivity index (χ2v) is 9.08. The molecule has 1 aliphatic rings. The molecule has 0 saturated carbocycles. The van der Waals surface area contributed by atoms with Crippen LogP contribution in [0.5, 0.6) is 0 Å². The summed E-state index contributed by atoms with van der Waals surface area (Å²) in [6.45, 7) is 2.68. The number of fused-ring (bicyclic) bond motifs is 1. The third kappa shape index (κ3) is 4.49. The number of aryl methyl sites for hydroxylation is 1. The monoisotopic (exact) mass is 457 g/mol. The highest BCUT2D eigenvalue weighted by Gasteiger charge is 2.27. The van der Waals surface area contributed by atoms with E-state index in [2.05, 4.69) is 20.5 Å². The van der Waals surface area contributed by atoms with Crippen molar-refractivity contribution in [1.82, 2.24) is 19.7 Å². The van der Waals surface area contributed by atoms with Crippen LogP contribution in [-0.2, 0) is 28.9 Å². The summed E-state index contributed by atoms with van der Waals surface area (Å²) in [7, 11) is 1.37. The topological polar surface area (TPSA) is 99.0 Å². The first-order valence-corrected chi connectivity index (χ1v) is 11.9. The number of carbonyl (C=O) groups is 2. The van der Waals surface area contributed by atoms with Crippen LogP contribution in [0.4, 0.5) is 5.00 Å². The maximum Gasteiger partial charge on any atom is 0.341 e. The molecule has 3 aromatic rings. The van der Waals surface area contributed by atoms with Crippen LogP contribution in [0.3, 0.4) is 0 Å². The van der Waals surface area contributed by atoms with Gasteiger partial charge in [0.05, 0.1) is 18.4 Å². The number of amides is 1. The minimum atomic E-state index is -0.394. The standard InChI is InChI=1S/C21H23N5O3S2/c1-3-26-18(13-7-6-10-22-11-13)24-25-21(26)30-12-16(27)23-19-17(20(28)29-2)14-8-4-5-9-15(14)31-19/h6-7,10-11H,3-5,8-9,12H2,1-2H3,(H,23,27). The van der Waals surface area contributed by atoms with E-state index in [1.165, 1.54) is 35.1 Å². The van der Waals surface area contributed by atoms with Crippen molar-refractivity contribution >= 4 is 40.0 Å². The van der Waals surface area contributed by atoms with E-state index in [4.69, 9.17) is 4.74 Å². The Kier molecular flexibility index (Phi) is 6.67. The smallest absolute Gasteiger partial charge is 0.341 e. The van der Waals surface area contributed by atoms with E-state index in [-0.39, 0.29) is 11.7 Å². The molecule has 3 heterocycles. The first-order valence-electron chi connectivity index (χ1n) is 10.1. The maximum absolute atomic E-state index is 12.7. The molecular weight excluding hydrogens is 434 g/mol. The predicted molar refractivity (Wildman–Crippen MR) is 121 cm³/mol. The van der Waals surface area contributed by atoms with Gasteiger partial charge in [0.25, 0.3) is 0 Å². The van der Waals surface area contributed by atoms with Crippen molar-refractivity contribution in [2.24, 2.45) is 0 Å². The number of hydrogen-bond acceptors (Lipinski definition) is 8. The zero-order chi connectivity index (χ0) is 21.8. The largest absolute Gasteiger partial charge is 0.465 e. The van der Waals surface area contributed by atoms with E-state index in [0.717, 1.165) is 42.6 Å². The van der Waals surface area contributed by atoms with Crippen molar-refractivity contribution in [3.8, 4) is 11.4 Å². The van der Waals surface area contributed by atoms with Gasteiger partial charge in [-0.3, -0.25) is 9.78 Å². The van der Waals surface area contributed by atoms with Crippen LogP contribution in [0.1, 0.15) is 40.6 Å². The molecule has 1 N–H and O–H groups in total. The van der Waals surface area contributed by atoms with Crippen LogP contribution in [0.25, 0.3) is 11.4 Å². The molecule has 0 bridgehead atoms. The molecule has 0 spiro atoms. The molecule has 1 amide bonds. The Morgan fingerprint density at radius 1 is 1.29 bits per heavy atom. The van der Waals surface area contributed by atoms with Gasteiger partial charge in [0, 0.05) is 29.4 Å². The number of aromatic nitrogens is 4. The summed E-state index contributed by atoms with van der Waals surface area (Å²) in [4.78, 5) is 30.3. The number of anilines is 1. The highest BCUT2D eigenvalue weighted by atomic mass is 32.2. The fourth-order valence-electron chi connectivity index (χ4n) is 3.65. The molecule has 0 aromatic carbocycles. The van der Waals surface area contributed by atoms with E-state index in [9.17, 15) is 9.59 Å². The Morgan fingerprint density at radius 3 is 2.87 bits per heavy atom. The Hall–Kier alpha value is -2.72. The molecule has 10 heteroatoms. The van der Waals surface area contributed by atoms with Gasteiger partial charge in [-0.1, -0.05) is 11.8 Å². The van der Waals surface area contributed by atoms with Crippen LogP contribution in [0, 0.1) is 0 Å². The molecule has 0 saturated heterocycles. The number of methoxy groups -OCH3 is 1. The van der Waals surface area contributed by atoms with Gasteiger partial charge < -0.3 is 14.6 Å². The van der Waals surface area contributed by atoms with Gasteiger partial charge in [0.15, 0.2) is 11.0 Å². The van der Waals surface area contributed by atoms with E-state index < -0.39 is 5.97 Å². The maximum atomic E-state index is 12.7. The van der Waals surface area contributed by atoms with Gasteiger partial charge in [0.1, 0.15) is 5.00 Å². The number of carbonyl (C=O) groups excluding carboxylic acids is 2. The average molecular weight is 458 g/mol. The van der Waals surface area contributed by atoms with E-state index in [0.29, 0.717) is 22.3 Å². The van der Waals surface area contributed by atoms with Crippen molar-refractivity contribution in [2.75, 3.05) is 18.2 Å². The van der Waals surface area contributed by atoms with Crippen LogP contribution in [0.2, 0.25) is 0 Å². The number of hydrogen-bond donors (Lipinski definition) is 1. The summed E-state index contributed by atoms with van der Waals surface area (Å²) < 4.78 is 6.93. The Balaban J connectivity index is 1.48. The van der Waals surface area contributed by atoms with Crippen LogP contribution >= 0.6 is 23.1 Å². The first kappa shape index (κ1) is 21.5. The SMILES string of the molecule is CCn1c(SCC(=O)Nc2sc3c(c2C(=O)OC)CCCC3)nnc1-c1cccnc1. The molecule has 0 atom stereocenters. The number of thiophene rings is 1. The molecule has 0 radical (unpaired) electrons. The normalized spacial score (nSPS) is 13.0. The lowest BCUT2D eigenvalue weighted by atomic mass is 9.95. The molecule has 31 heavy (non-hydrogen) atoms. The number of pyridine rings is 1. The van der Waals surface area contributed by atoms with Gasteiger partial charge >= 0.3 is 5.97 Å². The fraction of sp³-hybridized carbons (Fsp3) is 0.381. The fourth-order valence-corrected chi connectivity index (χ4v) is 5.75. The highest BCUT2D eigenvalue weighted by molar-refractivity contribution is 7.99. The van der Waals surface area contributed by atoms with Crippen LogP contribution < -0.4 is 5.32 Å². The lowest BCUT2D eigenvalue weighted by molar-refractivity contribution is -0.113. The Bertz CT molecular complexity index is 1090. The summed E-state index contributed by atoms with van der Waals surface area (Å²) >= 11 is 2.80. The number of nitrogens with zero attached hydrogens (tertiary/aromatic N) is 4. The highest BCUT2D eigenvalue weighted by Crippen LogP contribution is 2.38. The number of esters is 1. The number of ether oxygens (including phenoxy) is 1. The summed E-state index contributed by atoms with van der Waals surface area (Å²) in [5.74, 6) is 0.294. The Morgan fingerprint density at radius 2 is 2.13 bits per heavy atom. The quantitative estimate of drug-likeness (QED) is 0.425. The second-order valence-electron chi connectivity index (χ2n) is 7.04. The van der Waals surface area contributed by atoms with Crippen molar-refractivity contribution < 1.29 is 14.3 Å². The molecule has 8 nitrogen and oxygen atoms in total. The third-order valence-corrected chi connectivity index (χ3v) is 7.27. The molecule has 0 fully saturated rings. The van der Waals surface area contributed by atoms with Crippen molar-refractivity contribution in [2.45, 2.75) is 44.3 Å². The third-order valence-electron chi connectivity index (χ3n) is 5.10. The van der Waals surface area contributed by atoms with Crippen LogP contribution in [-0.4, -0.2) is 44.5 Å². The molecule has 3 aromatic heterocycles. The summed E-state index contributed by atoms with van der Waals surface area (Å²) in [6, 6.07) is 3.78. The van der Waals surface area contributed by atoms with Gasteiger partial charge in [-0.25, -0.2) is 4.79 Å². The average Bonchev–Trinajstić information content (AvgIpc) is 3.38. The van der Waals surface area contributed by atoms with E-state index in [1.54, 1.807) is 12.4 Å². The zero-order valence-corrected chi connectivity index (χ0v) is 19.0. The molecule has 1 aliphatic carbocycles. The van der Waals surface area contributed by atoms with Crippen molar-refractivity contribution in [3.05, 3.63) is 40.5 Å². The lowest BCUT2D eigenvalue weighted by Crippen LogP contribution is -2.17. The van der Waals surface area contributed by atoms with E-state index in [1.807, 2.05) is 23.6 Å². The summed E-state index contributed by atoms with van der Waals surface area (Å²) in [5.41, 5.74) is 2.41. The first-order chi connectivity index (χ1) is 15.1. The molecule has 0 aliphatic heterocycles. The van der Waals surface area contributed by atoms with Crippen molar-refractivity contribution in [1.29, 1.82) is 0 Å². The molecule has 0 unspecified atom stereocenters. The summed E-state index contributed by atoms with van der Waals surface area (Å²) in [5, 5.41) is 12.7. The molecule has 162 valence electrons. The zero-order valence-electron chi connectivity index (χ0n) is 17.4. The molecular formula is C21H23N5O3S2. The number of rotatable bonds is 7. The lowest BCUT2D eigenvalue weighted by Gasteiger charge is -2.11. The minimum absolute atomic E-state index is 0.161. The molecule has 4 rings (SSSR count). The van der Waals surface area contributed by atoms with Gasteiger partial charge in [-0.05, 0) is 50.3 Å². The number of thioether (sulfide) groups is 1. The van der Waals surface area contributed by atoms with Gasteiger partial charge in [0.2, 0.25) is 5.91 Å². The number of nitrogens with one attached hydrogen (secondary N) is 1. The van der Waals surface area contributed by atoms with E-state index >= 15 is 0 Å². The van der Waals surface area contributed by atoms with Gasteiger partial charge in [-0.15, -0.1) is 21.5 Å². The second kappa shape index (κ2) is 9.61. The van der Waals surface area contributed by atoms with Gasteiger partial charge in [-0.2, -0.15) is 0 Å². The summed E-state index contributed by atoms with van der Waals surface area (Å²) in [6.07, 6.45) is 7.38. The predicted octanol–water partition coefficient (Wildman–Crippen LogP) is 3.82. The minimum Gasteiger partial charge on any atom is -0.465 e. The van der Waals surface area contributed by atoms with Crippen LogP contribution in [0.15, 0.2) is 29.7 Å². The van der Waals surface area contributed by atoms with Crippen molar-refractivity contribution in [3.63, 3.8) is 0 Å². The Labute approximate surface area is 188 Å².